The fourth-order valence-electron chi connectivity index (χ4n) is 2.75. The van der Waals surface area contributed by atoms with Gasteiger partial charge in [0.1, 0.15) is 36.0 Å². The number of imidazole rings is 1. The van der Waals surface area contributed by atoms with Crippen molar-refractivity contribution in [3.8, 4) is 23.7 Å². The van der Waals surface area contributed by atoms with Gasteiger partial charge in [-0.1, -0.05) is 24.1 Å². The minimum absolute atomic E-state index is 0.0354. The molecular weight excluding hydrogens is 412 g/mol. The smallest absolute Gasteiger partial charge is 0.203 e. The second-order valence-electron chi connectivity index (χ2n) is 6.17. The second kappa shape index (κ2) is 9.53. The summed E-state index contributed by atoms with van der Waals surface area (Å²) in [7, 11) is 0. The van der Waals surface area contributed by atoms with E-state index in [4.69, 9.17) is 28.4 Å². The molecule has 0 bridgehead atoms. The lowest BCUT2D eigenvalue weighted by Crippen LogP contribution is -2.33. The first-order chi connectivity index (χ1) is 14.4. The highest BCUT2D eigenvalue weighted by atomic mass is 32.1. The van der Waals surface area contributed by atoms with E-state index in [9.17, 15) is 15.3 Å². The number of H-pyrrole nitrogens is 1. The van der Waals surface area contributed by atoms with Gasteiger partial charge in [-0.05, 0) is 11.8 Å². The van der Waals surface area contributed by atoms with Crippen LogP contribution in [0.3, 0.4) is 0 Å². The van der Waals surface area contributed by atoms with E-state index in [0.29, 0.717) is 17.1 Å². The first kappa shape index (κ1) is 21.5. The normalized spacial score (nSPS) is 22.6. The molecule has 1 saturated heterocycles. The van der Waals surface area contributed by atoms with Crippen LogP contribution in [0.25, 0.3) is 11.2 Å². The number of aromatic amines is 1. The number of fused-ring (bicyclic) bond motifs is 1. The Morgan fingerprint density at radius 1 is 1.33 bits per heavy atom. The van der Waals surface area contributed by atoms with Crippen LogP contribution >= 0.6 is 12.2 Å². The first-order valence-electron chi connectivity index (χ1n) is 8.76. The number of guanidine groups is 1. The summed E-state index contributed by atoms with van der Waals surface area (Å²) >= 11 is 5.27. The second-order valence-corrected chi connectivity index (χ2v) is 6.55. The molecule has 2 unspecified atom stereocenters. The highest BCUT2D eigenvalue weighted by Crippen LogP contribution is 2.31. The van der Waals surface area contributed by atoms with Crippen LogP contribution in [0.1, 0.15) is 6.23 Å². The van der Waals surface area contributed by atoms with Gasteiger partial charge in [0, 0.05) is 0 Å². The van der Waals surface area contributed by atoms with Gasteiger partial charge in [-0.25, -0.2) is 15.0 Å². The summed E-state index contributed by atoms with van der Waals surface area (Å²) in [6.07, 6.45) is -2.94. The van der Waals surface area contributed by atoms with E-state index in [1.807, 2.05) is 0 Å². The molecule has 158 valence electrons. The lowest BCUT2D eigenvalue weighted by atomic mass is 10.1. The standard InChI is InChI=1S/C17H20N8O4S/c18-16(19)20-5-3-1-2-4-6-21-17-23-13-10(14(30)24-17)22-8-25(13)15-12(28)11(27)9(7-26)29-15/h8-9,11-12,15,26-28H,5-7H2,(H4,18,19,20)(H2,21,23,24,30)/t9-,11?,12?,15-/m1/s1. The van der Waals surface area contributed by atoms with Crippen LogP contribution in [0, 0.1) is 28.3 Å². The van der Waals surface area contributed by atoms with Crippen LogP contribution in [0.5, 0.6) is 0 Å². The lowest BCUT2D eigenvalue weighted by molar-refractivity contribution is -0.0511. The Kier molecular flexibility index (Phi) is 6.83. The number of hydrogen-bond acceptors (Lipinski definition) is 9. The summed E-state index contributed by atoms with van der Waals surface area (Å²) in [5, 5.41) is 32.5. The number of aliphatic hydroxyl groups excluding tert-OH is 3. The quantitative estimate of drug-likeness (QED) is 0.118. The molecule has 0 amide bonds. The Hall–Kier alpha value is -3.20. The molecule has 3 heterocycles. The number of rotatable bonds is 5. The third-order valence-corrected chi connectivity index (χ3v) is 4.45. The van der Waals surface area contributed by atoms with Crippen molar-refractivity contribution in [3.63, 3.8) is 0 Å². The SMILES string of the molecule is NC(N)=NCC#CC#CCNc1nc(=S)c2ncn([C@@H]3O[C@H](CO)C(O)C3O)c2[nH]1. The van der Waals surface area contributed by atoms with Gasteiger partial charge in [0.25, 0.3) is 0 Å². The average molecular weight is 432 g/mol. The predicted octanol–water partition coefficient (Wildman–Crippen LogP) is -2.21. The van der Waals surface area contributed by atoms with Gasteiger partial charge in [0.15, 0.2) is 16.8 Å². The van der Waals surface area contributed by atoms with Crippen molar-refractivity contribution < 1.29 is 20.1 Å². The van der Waals surface area contributed by atoms with E-state index < -0.39 is 31.1 Å². The molecular formula is C17H20N8O4S. The third-order valence-electron chi connectivity index (χ3n) is 4.16. The molecule has 0 radical (unpaired) electrons. The summed E-state index contributed by atoms with van der Waals surface area (Å²) in [6, 6.07) is 0. The minimum atomic E-state index is -1.26. The van der Waals surface area contributed by atoms with Gasteiger partial charge in [-0.15, -0.1) is 0 Å². The van der Waals surface area contributed by atoms with Crippen molar-refractivity contribution in [2.45, 2.75) is 24.5 Å². The highest BCUT2D eigenvalue weighted by molar-refractivity contribution is 7.71. The fraction of sp³-hybridized carbons (Fsp3) is 0.412. The molecule has 4 atom stereocenters. The topological polar surface area (TPSA) is 193 Å². The molecule has 12 nitrogen and oxygen atoms in total. The monoisotopic (exact) mass is 432 g/mol. The number of nitrogens with two attached hydrogens (primary N) is 2. The molecule has 2 aromatic heterocycles. The molecule has 0 aromatic carbocycles. The Morgan fingerprint density at radius 2 is 2.10 bits per heavy atom. The zero-order valence-corrected chi connectivity index (χ0v) is 16.4. The van der Waals surface area contributed by atoms with Crippen molar-refractivity contribution in [2.24, 2.45) is 16.5 Å². The van der Waals surface area contributed by atoms with Crippen molar-refractivity contribution in [1.29, 1.82) is 0 Å². The first-order valence-corrected chi connectivity index (χ1v) is 9.17. The van der Waals surface area contributed by atoms with E-state index >= 15 is 0 Å². The van der Waals surface area contributed by atoms with Crippen LogP contribution in [0.4, 0.5) is 5.95 Å². The summed E-state index contributed by atoms with van der Waals surface area (Å²) < 4.78 is 7.26. The zero-order chi connectivity index (χ0) is 21.7. The van der Waals surface area contributed by atoms with Crippen molar-refractivity contribution in [3.05, 3.63) is 11.0 Å². The van der Waals surface area contributed by atoms with Gasteiger partial charge >= 0.3 is 0 Å². The fourth-order valence-corrected chi connectivity index (χ4v) is 2.99. The number of aliphatic imine (C=N–C) groups is 1. The number of aliphatic hydroxyl groups is 3. The van der Waals surface area contributed by atoms with Gasteiger partial charge in [-0.3, -0.25) is 4.57 Å². The van der Waals surface area contributed by atoms with E-state index in [1.54, 1.807) is 0 Å². The summed E-state index contributed by atoms with van der Waals surface area (Å²) in [5.74, 6) is 11.0. The summed E-state index contributed by atoms with van der Waals surface area (Å²) in [6.45, 7) is -0.0390. The van der Waals surface area contributed by atoms with Crippen molar-refractivity contribution in [2.75, 3.05) is 25.0 Å². The molecule has 1 aliphatic rings. The van der Waals surface area contributed by atoms with Gasteiger partial charge in [-0.2, -0.15) is 0 Å². The van der Waals surface area contributed by atoms with E-state index in [0.717, 1.165) is 0 Å². The number of ether oxygens (including phenoxy) is 1. The highest BCUT2D eigenvalue weighted by Gasteiger charge is 2.43. The van der Waals surface area contributed by atoms with E-state index in [-0.39, 0.29) is 23.7 Å². The average Bonchev–Trinajstić information content (AvgIpc) is 3.25. The molecule has 1 fully saturated rings. The Labute approximate surface area is 176 Å². The van der Waals surface area contributed by atoms with Gasteiger partial charge < -0.3 is 41.8 Å². The van der Waals surface area contributed by atoms with E-state index in [2.05, 4.69) is 48.9 Å². The van der Waals surface area contributed by atoms with Crippen LogP contribution in [-0.4, -0.2) is 78.8 Å². The number of nitrogens with one attached hydrogen (secondary N) is 2. The molecule has 3 rings (SSSR count). The predicted molar refractivity (Wildman–Crippen MR) is 110 cm³/mol. The van der Waals surface area contributed by atoms with Crippen LogP contribution in [-0.2, 0) is 4.74 Å². The molecule has 0 saturated carbocycles. The maximum absolute atomic E-state index is 10.3. The van der Waals surface area contributed by atoms with Gasteiger partial charge in [0.2, 0.25) is 5.95 Å². The Bertz CT molecular complexity index is 1120. The largest absolute Gasteiger partial charge is 0.394 e. The molecule has 0 spiro atoms. The molecule has 2 aromatic rings. The molecule has 1 aliphatic heterocycles. The number of anilines is 1. The van der Waals surface area contributed by atoms with Gasteiger partial charge in [0.05, 0.1) is 19.5 Å². The maximum atomic E-state index is 10.3. The maximum Gasteiger partial charge on any atom is 0.203 e. The molecule has 9 N–H and O–H groups in total. The molecule has 30 heavy (non-hydrogen) atoms. The van der Waals surface area contributed by atoms with E-state index in [1.165, 1.54) is 10.9 Å². The summed E-state index contributed by atoms with van der Waals surface area (Å²) in [4.78, 5) is 15.1. The minimum Gasteiger partial charge on any atom is -0.394 e. The third kappa shape index (κ3) is 4.68. The van der Waals surface area contributed by atoms with Crippen LogP contribution in [0.15, 0.2) is 11.3 Å². The number of hydrogen-bond donors (Lipinski definition) is 7. The number of aromatic nitrogens is 4. The van der Waals surface area contributed by atoms with Crippen molar-refractivity contribution in [1.82, 2.24) is 19.5 Å². The molecule has 13 heteroatoms. The summed E-state index contributed by atoms with van der Waals surface area (Å²) in [5.41, 5.74) is 11.2. The van der Waals surface area contributed by atoms with Crippen molar-refractivity contribution >= 4 is 35.3 Å². The van der Waals surface area contributed by atoms with Crippen LogP contribution < -0.4 is 16.8 Å². The molecule has 0 aliphatic carbocycles. The zero-order valence-electron chi connectivity index (χ0n) is 15.6. The van der Waals surface area contributed by atoms with Crippen LogP contribution in [0.2, 0.25) is 0 Å². The lowest BCUT2D eigenvalue weighted by Gasteiger charge is -2.17. The Balaban J connectivity index is 1.75. The number of nitrogens with zero attached hydrogens (tertiary/aromatic N) is 4. The Morgan fingerprint density at radius 3 is 2.80 bits per heavy atom.